The Morgan fingerprint density at radius 2 is 2.08 bits per heavy atom. The van der Waals surface area contributed by atoms with Crippen LogP contribution >= 0.6 is 11.3 Å². The fraction of sp³-hybridized carbons (Fsp3) is 0.360. The van der Waals surface area contributed by atoms with Crippen LogP contribution in [0.4, 0.5) is 5.69 Å². The second-order valence-electron chi connectivity index (χ2n) is 8.25. The van der Waals surface area contributed by atoms with E-state index >= 15 is 0 Å². The molecule has 0 bridgehead atoms. The van der Waals surface area contributed by atoms with Crippen LogP contribution in [-0.2, 0) is 29.2 Å². The van der Waals surface area contributed by atoms with Gasteiger partial charge in [-0.3, -0.25) is 14.2 Å². The van der Waals surface area contributed by atoms with Crippen LogP contribution in [0.3, 0.4) is 0 Å². The number of carbonyl (C=O) groups excluding carboxylic acids is 1. The number of hydrogen-bond donors (Lipinski definition) is 2. The van der Waals surface area contributed by atoms with Crippen molar-refractivity contribution in [2.45, 2.75) is 26.6 Å². The zero-order valence-electron chi connectivity index (χ0n) is 20.8. The van der Waals surface area contributed by atoms with E-state index in [9.17, 15) is 14.9 Å². The van der Waals surface area contributed by atoms with Gasteiger partial charge < -0.3 is 24.8 Å². The molecule has 0 aliphatic heterocycles. The Morgan fingerprint density at radius 3 is 2.72 bits per heavy atom. The Kier molecular flexibility index (Phi) is 9.03. The van der Waals surface area contributed by atoms with Crippen LogP contribution in [0.5, 0.6) is 0 Å². The highest BCUT2D eigenvalue weighted by atomic mass is 32.1. The van der Waals surface area contributed by atoms with Gasteiger partial charge in [-0.15, -0.1) is 11.3 Å². The predicted molar refractivity (Wildman–Crippen MR) is 140 cm³/mol. The molecule has 0 atom stereocenters. The Bertz CT molecular complexity index is 1520. The van der Waals surface area contributed by atoms with Crippen molar-refractivity contribution in [1.82, 2.24) is 19.4 Å². The van der Waals surface area contributed by atoms with Gasteiger partial charge in [0, 0.05) is 55.7 Å². The quantitative estimate of drug-likeness (QED) is 0.388. The van der Waals surface area contributed by atoms with Crippen LogP contribution in [0.15, 0.2) is 29.2 Å². The molecule has 0 radical (unpaired) electrons. The number of anilines is 1. The number of nitrogens with one attached hydrogen (secondary N) is 2. The van der Waals surface area contributed by atoms with E-state index in [2.05, 4.69) is 26.3 Å². The summed E-state index contributed by atoms with van der Waals surface area (Å²) < 4.78 is 9.42. The van der Waals surface area contributed by atoms with Gasteiger partial charge >= 0.3 is 0 Å². The minimum Gasteiger partial charge on any atom is -0.383 e. The Labute approximate surface area is 212 Å². The lowest BCUT2D eigenvalue weighted by atomic mass is 10.1. The number of nitrogens with zero attached hydrogens (tertiary/aromatic N) is 5. The molecule has 2 heterocycles. The van der Waals surface area contributed by atoms with E-state index in [0.29, 0.717) is 17.7 Å². The van der Waals surface area contributed by atoms with Crippen LogP contribution in [0.2, 0.25) is 0 Å². The van der Waals surface area contributed by atoms with Gasteiger partial charge in [0.05, 0.1) is 12.7 Å². The van der Waals surface area contributed by atoms with Gasteiger partial charge in [0.2, 0.25) is 0 Å². The minimum atomic E-state index is -0.682. The highest BCUT2D eigenvalue weighted by Crippen LogP contribution is 2.26. The molecule has 0 saturated carbocycles. The first-order valence-electron chi connectivity index (χ1n) is 11.4. The highest BCUT2D eigenvalue weighted by Gasteiger charge is 2.15. The normalized spacial score (nSPS) is 12.5. The number of aromatic nitrogens is 2. The number of rotatable bonds is 10. The molecule has 0 fully saturated rings. The van der Waals surface area contributed by atoms with Gasteiger partial charge in [0.25, 0.3) is 11.5 Å². The molecule has 0 aliphatic carbocycles. The smallest absolute Gasteiger partial charge is 0.270 e. The number of ether oxygens (including phenoxy) is 1. The van der Waals surface area contributed by atoms with E-state index in [4.69, 9.17) is 10.00 Å². The first-order chi connectivity index (χ1) is 17.3. The number of amides is 1. The molecule has 1 aromatic carbocycles. The summed E-state index contributed by atoms with van der Waals surface area (Å²) >= 11 is 1.06. The number of carbonyl (C=O) groups is 1. The number of hydrogen-bond acceptors (Lipinski definition) is 8. The van der Waals surface area contributed by atoms with Crippen molar-refractivity contribution in [1.29, 1.82) is 10.5 Å². The van der Waals surface area contributed by atoms with Gasteiger partial charge in [-0.1, -0.05) is 0 Å². The molecule has 3 rings (SSSR count). The summed E-state index contributed by atoms with van der Waals surface area (Å²) in [6, 6.07) is 9.69. The number of benzene rings is 1. The number of fused-ring (bicyclic) bond motifs is 1. The standard InChI is InChI=1S/C25H29N7O3S/c1-5-32-24(34)22(36-25(32)20(13-27)23(33)28-9-8-26)14-29-18-6-7-21-19(12-18)17(15-30(2)3)16-31(21)10-11-35-4/h6-7,12,14,16,29H,5,9-11,15H2,1-4H3,(H,28,33)/b22-14-,25-20+. The average molecular weight is 508 g/mol. The molecule has 36 heavy (non-hydrogen) atoms. The van der Waals surface area contributed by atoms with Gasteiger partial charge in [0.1, 0.15) is 21.8 Å². The molecular weight excluding hydrogens is 478 g/mol. The second-order valence-corrected chi connectivity index (χ2v) is 9.28. The molecule has 0 spiro atoms. The molecule has 1 amide bonds. The first-order valence-corrected chi connectivity index (χ1v) is 12.2. The molecule has 2 N–H and O–H groups in total. The Hall–Kier alpha value is -3.90. The van der Waals surface area contributed by atoms with Crippen molar-refractivity contribution in [2.24, 2.45) is 0 Å². The second kappa shape index (κ2) is 12.2. The van der Waals surface area contributed by atoms with Gasteiger partial charge in [-0.25, -0.2) is 0 Å². The number of methoxy groups -OCH3 is 1. The lowest BCUT2D eigenvalue weighted by molar-refractivity contribution is -0.115. The molecule has 3 aromatic rings. The lowest BCUT2D eigenvalue weighted by Gasteiger charge is -2.08. The third-order valence-corrected chi connectivity index (χ3v) is 6.59. The van der Waals surface area contributed by atoms with E-state index in [0.717, 1.165) is 41.0 Å². The van der Waals surface area contributed by atoms with E-state index in [-0.39, 0.29) is 22.3 Å². The molecule has 188 valence electrons. The van der Waals surface area contributed by atoms with Crippen molar-refractivity contribution < 1.29 is 9.53 Å². The van der Waals surface area contributed by atoms with Crippen molar-refractivity contribution in [3.05, 3.63) is 49.5 Å². The first kappa shape index (κ1) is 26.7. The van der Waals surface area contributed by atoms with Crippen molar-refractivity contribution in [3.63, 3.8) is 0 Å². The zero-order valence-corrected chi connectivity index (χ0v) is 21.6. The summed E-state index contributed by atoms with van der Waals surface area (Å²) in [5, 5.41) is 24.9. The third kappa shape index (κ3) is 5.83. The molecule has 11 heteroatoms. The predicted octanol–water partition coefficient (Wildman–Crippen LogP) is 0.757. The zero-order chi connectivity index (χ0) is 26.2. The van der Waals surface area contributed by atoms with Crippen LogP contribution < -0.4 is 25.4 Å². The number of thiazole rings is 1. The summed E-state index contributed by atoms with van der Waals surface area (Å²) in [6.07, 6.45) is 3.73. The molecular formula is C25H29N7O3S. The highest BCUT2D eigenvalue weighted by molar-refractivity contribution is 7.07. The van der Waals surface area contributed by atoms with Gasteiger partial charge in [-0.05, 0) is 44.8 Å². The maximum atomic E-state index is 13.0. The van der Waals surface area contributed by atoms with Gasteiger partial charge in [-0.2, -0.15) is 10.5 Å². The van der Waals surface area contributed by atoms with Crippen LogP contribution in [0.25, 0.3) is 22.7 Å². The fourth-order valence-corrected chi connectivity index (χ4v) is 4.93. The summed E-state index contributed by atoms with van der Waals surface area (Å²) in [5.74, 6) is -0.682. The van der Waals surface area contributed by atoms with Crippen LogP contribution in [-0.4, -0.2) is 54.3 Å². The Balaban J connectivity index is 2.04. The average Bonchev–Trinajstić information content (AvgIpc) is 3.36. The van der Waals surface area contributed by atoms with Crippen molar-refractivity contribution >= 4 is 45.6 Å². The minimum absolute atomic E-state index is 0.194. The molecule has 0 aliphatic rings. The lowest BCUT2D eigenvalue weighted by Crippen LogP contribution is -2.34. The Morgan fingerprint density at radius 1 is 1.31 bits per heavy atom. The summed E-state index contributed by atoms with van der Waals surface area (Å²) in [7, 11) is 5.73. The van der Waals surface area contributed by atoms with Crippen molar-refractivity contribution in [3.8, 4) is 12.1 Å². The monoisotopic (exact) mass is 507 g/mol. The molecule has 10 nitrogen and oxygen atoms in total. The molecule has 0 unspecified atom stereocenters. The van der Waals surface area contributed by atoms with Crippen LogP contribution in [0.1, 0.15) is 12.5 Å². The maximum Gasteiger partial charge on any atom is 0.270 e. The fourth-order valence-electron chi connectivity index (χ4n) is 3.85. The molecule has 2 aromatic heterocycles. The molecule has 0 saturated heterocycles. The topological polar surface area (TPSA) is 128 Å². The van der Waals surface area contributed by atoms with E-state index in [1.807, 2.05) is 38.4 Å². The SMILES string of the molecule is CCn1c(=O)/c(=C/Nc2ccc3c(c2)c(CN(C)C)cn3CCOC)s/c1=C(\C#N)C(=O)NCC#N. The van der Waals surface area contributed by atoms with Gasteiger partial charge in [0.15, 0.2) is 5.57 Å². The maximum absolute atomic E-state index is 13.0. The van der Waals surface area contributed by atoms with Crippen molar-refractivity contribution in [2.75, 3.05) is 39.7 Å². The van der Waals surface area contributed by atoms with E-state index < -0.39 is 5.91 Å². The summed E-state index contributed by atoms with van der Waals surface area (Å²) in [6.45, 7) is 3.97. The number of nitriles is 2. The van der Waals surface area contributed by atoms with E-state index in [1.165, 1.54) is 10.1 Å². The summed E-state index contributed by atoms with van der Waals surface area (Å²) in [4.78, 5) is 27.4. The van der Waals surface area contributed by atoms with E-state index in [1.54, 1.807) is 26.3 Å². The van der Waals surface area contributed by atoms with Crippen LogP contribution in [0, 0.1) is 22.7 Å². The summed E-state index contributed by atoms with van der Waals surface area (Å²) in [5.41, 5.74) is 2.59. The third-order valence-electron chi connectivity index (χ3n) is 5.46. The largest absolute Gasteiger partial charge is 0.383 e.